The maximum absolute atomic E-state index is 12.1. The average Bonchev–Trinajstić information content (AvgIpc) is 2.46. The Hall–Kier alpha value is -1.43. The monoisotopic (exact) mass is 348 g/mol. The Morgan fingerprint density at radius 1 is 1.20 bits per heavy atom. The molecule has 0 saturated carbocycles. The van der Waals surface area contributed by atoms with E-state index in [1.807, 2.05) is 0 Å². The molecule has 1 fully saturated rings. The van der Waals surface area contributed by atoms with Crippen LogP contribution >= 0.6 is 0 Å². The van der Waals surface area contributed by atoms with Crippen LogP contribution < -0.4 is 0 Å². The standard InChI is InChI=1S/C20H32N2O3/c1-15-11-22(12-16(2)25-15)14-18-8-6-17(7-9-18)13-21(5)19(23)10-20(3,4)24/h6-9,15-16,24H,10-14H2,1-5H3/t15-,16+. The minimum Gasteiger partial charge on any atom is -0.390 e. The number of benzene rings is 1. The summed E-state index contributed by atoms with van der Waals surface area (Å²) >= 11 is 0. The molecule has 5 heteroatoms. The molecular weight excluding hydrogens is 316 g/mol. The number of ether oxygens (including phenoxy) is 1. The Kier molecular flexibility index (Phi) is 6.60. The van der Waals surface area contributed by atoms with Gasteiger partial charge in [-0.2, -0.15) is 0 Å². The van der Waals surface area contributed by atoms with E-state index in [4.69, 9.17) is 4.74 Å². The van der Waals surface area contributed by atoms with E-state index in [0.717, 1.165) is 25.2 Å². The second-order valence-corrected chi connectivity index (χ2v) is 8.01. The van der Waals surface area contributed by atoms with Crippen LogP contribution in [0.2, 0.25) is 0 Å². The van der Waals surface area contributed by atoms with Gasteiger partial charge in [-0.3, -0.25) is 9.69 Å². The first-order chi connectivity index (χ1) is 11.6. The zero-order valence-electron chi connectivity index (χ0n) is 16.2. The number of hydrogen-bond donors (Lipinski definition) is 1. The van der Waals surface area contributed by atoms with Crippen LogP contribution in [0.15, 0.2) is 24.3 Å². The highest BCUT2D eigenvalue weighted by molar-refractivity contribution is 5.76. The third kappa shape index (κ3) is 6.77. The van der Waals surface area contributed by atoms with Gasteiger partial charge in [-0.25, -0.2) is 0 Å². The number of carbonyl (C=O) groups is 1. The summed E-state index contributed by atoms with van der Waals surface area (Å²) < 4.78 is 5.78. The summed E-state index contributed by atoms with van der Waals surface area (Å²) in [5, 5.41) is 9.77. The third-order valence-electron chi connectivity index (χ3n) is 4.35. The summed E-state index contributed by atoms with van der Waals surface area (Å²) in [6.45, 7) is 10.9. The van der Waals surface area contributed by atoms with E-state index in [-0.39, 0.29) is 24.5 Å². The molecule has 1 aliphatic heterocycles. The highest BCUT2D eigenvalue weighted by Crippen LogP contribution is 2.16. The number of amides is 1. The van der Waals surface area contributed by atoms with Gasteiger partial charge in [0.15, 0.2) is 0 Å². The summed E-state index contributed by atoms with van der Waals surface area (Å²) in [7, 11) is 1.78. The Balaban J connectivity index is 1.88. The first kappa shape index (κ1) is 19.9. The molecule has 5 nitrogen and oxygen atoms in total. The van der Waals surface area contributed by atoms with Crippen molar-refractivity contribution in [1.29, 1.82) is 0 Å². The van der Waals surface area contributed by atoms with Gasteiger partial charge in [0.25, 0.3) is 0 Å². The Morgan fingerprint density at radius 3 is 2.24 bits per heavy atom. The van der Waals surface area contributed by atoms with Gasteiger partial charge in [-0.05, 0) is 38.8 Å². The molecule has 0 unspecified atom stereocenters. The molecule has 0 bridgehead atoms. The number of rotatable bonds is 6. The number of aliphatic hydroxyl groups is 1. The average molecular weight is 348 g/mol. The Morgan fingerprint density at radius 2 is 1.72 bits per heavy atom. The van der Waals surface area contributed by atoms with Gasteiger partial charge >= 0.3 is 0 Å². The van der Waals surface area contributed by atoms with Gasteiger partial charge in [0.1, 0.15) is 0 Å². The second-order valence-electron chi connectivity index (χ2n) is 8.01. The molecule has 140 valence electrons. The summed E-state index contributed by atoms with van der Waals surface area (Å²) in [5.74, 6) is -0.0483. The lowest BCUT2D eigenvalue weighted by molar-refractivity contribution is -0.134. The van der Waals surface area contributed by atoms with Crippen molar-refractivity contribution in [3.63, 3.8) is 0 Å². The molecule has 1 amide bonds. The molecule has 1 saturated heterocycles. The smallest absolute Gasteiger partial charge is 0.225 e. The highest BCUT2D eigenvalue weighted by atomic mass is 16.5. The maximum atomic E-state index is 12.1. The number of carbonyl (C=O) groups excluding carboxylic acids is 1. The summed E-state index contributed by atoms with van der Waals surface area (Å²) in [6.07, 6.45) is 0.687. The van der Waals surface area contributed by atoms with Crippen molar-refractivity contribution in [2.75, 3.05) is 20.1 Å². The van der Waals surface area contributed by atoms with Crippen LogP contribution in [0.1, 0.15) is 45.2 Å². The van der Waals surface area contributed by atoms with E-state index in [2.05, 4.69) is 43.0 Å². The van der Waals surface area contributed by atoms with Gasteiger partial charge in [0.05, 0.1) is 24.2 Å². The predicted octanol–water partition coefficient (Wildman–Crippen LogP) is 2.42. The van der Waals surface area contributed by atoms with Crippen LogP contribution in [0, 0.1) is 0 Å². The van der Waals surface area contributed by atoms with Crippen molar-refractivity contribution in [3.05, 3.63) is 35.4 Å². The van der Waals surface area contributed by atoms with Crippen molar-refractivity contribution < 1.29 is 14.6 Å². The van der Waals surface area contributed by atoms with Crippen LogP contribution in [-0.2, 0) is 22.6 Å². The molecule has 1 heterocycles. The molecule has 25 heavy (non-hydrogen) atoms. The molecule has 0 aromatic heterocycles. The second kappa shape index (κ2) is 8.30. The molecule has 2 atom stereocenters. The molecule has 0 aliphatic carbocycles. The topological polar surface area (TPSA) is 53.0 Å². The van der Waals surface area contributed by atoms with E-state index < -0.39 is 5.60 Å². The molecular formula is C20H32N2O3. The van der Waals surface area contributed by atoms with Crippen LogP contribution in [0.3, 0.4) is 0 Å². The van der Waals surface area contributed by atoms with Gasteiger partial charge in [-0.1, -0.05) is 24.3 Å². The molecule has 0 spiro atoms. The maximum Gasteiger partial charge on any atom is 0.225 e. The molecule has 1 aromatic rings. The zero-order valence-corrected chi connectivity index (χ0v) is 16.2. The van der Waals surface area contributed by atoms with Gasteiger partial charge in [0, 0.05) is 33.2 Å². The number of morpholine rings is 1. The molecule has 1 aromatic carbocycles. The lowest BCUT2D eigenvalue weighted by atomic mass is 10.0. The fraction of sp³-hybridized carbons (Fsp3) is 0.650. The fourth-order valence-corrected chi connectivity index (χ4v) is 3.29. The van der Waals surface area contributed by atoms with E-state index >= 15 is 0 Å². The molecule has 1 N–H and O–H groups in total. The summed E-state index contributed by atoms with van der Waals surface area (Å²) in [4.78, 5) is 16.2. The van der Waals surface area contributed by atoms with Crippen LogP contribution in [0.5, 0.6) is 0 Å². The van der Waals surface area contributed by atoms with E-state index in [0.29, 0.717) is 6.54 Å². The Labute approximate surface area is 151 Å². The van der Waals surface area contributed by atoms with Crippen LogP contribution in [0.25, 0.3) is 0 Å². The van der Waals surface area contributed by atoms with Gasteiger partial charge in [0.2, 0.25) is 5.91 Å². The van der Waals surface area contributed by atoms with Crippen molar-refractivity contribution in [3.8, 4) is 0 Å². The third-order valence-corrected chi connectivity index (χ3v) is 4.35. The molecule has 0 radical (unpaired) electrons. The van der Waals surface area contributed by atoms with Crippen molar-refractivity contribution >= 4 is 5.91 Å². The van der Waals surface area contributed by atoms with Crippen molar-refractivity contribution in [2.45, 2.75) is 65.0 Å². The van der Waals surface area contributed by atoms with Gasteiger partial charge in [-0.15, -0.1) is 0 Å². The van der Waals surface area contributed by atoms with Crippen molar-refractivity contribution in [1.82, 2.24) is 9.80 Å². The SMILES string of the molecule is C[C@@H]1CN(Cc2ccc(CN(C)C(=O)CC(C)(C)O)cc2)C[C@H](C)O1. The van der Waals surface area contributed by atoms with E-state index in [9.17, 15) is 9.90 Å². The van der Waals surface area contributed by atoms with Crippen LogP contribution in [0.4, 0.5) is 0 Å². The highest BCUT2D eigenvalue weighted by Gasteiger charge is 2.22. The predicted molar refractivity (Wildman–Crippen MR) is 99.1 cm³/mol. The minimum atomic E-state index is -0.971. The summed E-state index contributed by atoms with van der Waals surface area (Å²) in [6, 6.07) is 8.43. The summed E-state index contributed by atoms with van der Waals surface area (Å²) in [5.41, 5.74) is 1.40. The van der Waals surface area contributed by atoms with E-state index in [1.165, 1.54) is 5.56 Å². The normalized spacial score (nSPS) is 22.0. The largest absolute Gasteiger partial charge is 0.390 e. The first-order valence-electron chi connectivity index (χ1n) is 9.04. The zero-order chi connectivity index (χ0) is 18.6. The lowest BCUT2D eigenvalue weighted by Gasteiger charge is -2.35. The fourth-order valence-electron chi connectivity index (χ4n) is 3.29. The van der Waals surface area contributed by atoms with Gasteiger partial charge < -0.3 is 14.7 Å². The first-order valence-corrected chi connectivity index (χ1v) is 9.04. The molecule has 1 aliphatic rings. The van der Waals surface area contributed by atoms with Crippen LogP contribution in [-0.4, -0.2) is 58.8 Å². The number of nitrogens with zero attached hydrogens (tertiary/aromatic N) is 2. The quantitative estimate of drug-likeness (QED) is 0.858. The van der Waals surface area contributed by atoms with Crippen molar-refractivity contribution in [2.24, 2.45) is 0 Å². The lowest BCUT2D eigenvalue weighted by Crippen LogP contribution is -2.44. The minimum absolute atomic E-state index is 0.0483. The number of hydrogen-bond acceptors (Lipinski definition) is 4. The van der Waals surface area contributed by atoms with E-state index in [1.54, 1.807) is 25.8 Å². The molecule has 2 rings (SSSR count). The Bertz CT molecular complexity index is 555.